The molecule has 1 amide bonds. The quantitative estimate of drug-likeness (QED) is 0.589. The van der Waals surface area contributed by atoms with Crippen LogP contribution in [0.25, 0.3) is 0 Å². The van der Waals surface area contributed by atoms with Gasteiger partial charge in [-0.1, -0.05) is 47.5 Å². The first kappa shape index (κ1) is 20.2. The molecule has 0 aliphatic rings. The molecule has 0 radical (unpaired) electrons. The summed E-state index contributed by atoms with van der Waals surface area (Å²) in [6.45, 7) is 4.87. The molecule has 0 bridgehead atoms. The molecule has 1 N–H and O–H groups in total. The van der Waals surface area contributed by atoms with Crippen molar-refractivity contribution in [3.05, 3.63) is 68.7 Å². The summed E-state index contributed by atoms with van der Waals surface area (Å²) in [4.78, 5) is 11.9. The Hall–Kier alpha value is -1.16. The van der Waals surface area contributed by atoms with Gasteiger partial charge in [-0.15, -0.1) is 0 Å². The summed E-state index contributed by atoms with van der Waals surface area (Å²) in [7, 11) is 0. The Morgan fingerprint density at radius 1 is 1.08 bits per heavy atom. The van der Waals surface area contributed by atoms with E-state index >= 15 is 0 Å². The molecule has 0 heterocycles. The van der Waals surface area contributed by atoms with E-state index in [1.807, 2.05) is 12.1 Å². The molecule has 2 nitrogen and oxygen atoms in total. The van der Waals surface area contributed by atoms with Gasteiger partial charge in [0.1, 0.15) is 0 Å². The van der Waals surface area contributed by atoms with E-state index in [2.05, 4.69) is 37.4 Å². The maximum atomic E-state index is 11.9. The van der Waals surface area contributed by atoms with Gasteiger partial charge in [0.25, 0.3) is 0 Å². The van der Waals surface area contributed by atoms with Crippen molar-refractivity contribution in [1.82, 2.24) is 5.32 Å². The van der Waals surface area contributed by atoms with Crippen LogP contribution in [0.1, 0.15) is 28.7 Å². The SMILES string of the molecule is Cc1ccc(CCC(=O)NCCSCc2ccc(Cl)cc2Cl)cc1C. The first-order valence-electron chi connectivity index (χ1n) is 8.30. The van der Waals surface area contributed by atoms with Gasteiger partial charge in [-0.3, -0.25) is 4.79 Å². The van der Waals surface area contributed by atoms with E-state index in [4.69, 9.17) is 23.2 Å². The van der Waals surface area contributed by atoms with Crippen molar-refractivity contribution in [2.75, 3.05) is 12.3 Å². The van der Waals surface area contributed by atoms with E-state index in [-0.39, 0.29) is 5.91 Å². The van der Waals surface area contributed by atoms with Crippen LogP contribution in [-0.2, 0) is 17.0 Å². The molecule has 0 saturated carbocycles. The van der Waals surface area contributed by atoms with E-state index < -0.39 is 0 Å². The summed E-state index contributed by atoms with van der Waals surface area (Å²) in [6, 6.07) is 11.9. The number of aryl methyl sites for hydroxylation is 3. The second kappa shape index (κ2) is 10.1. The van der Waals surface area contributed by atoms with Gasteiger partial charge in [-0.2, -0.15) is 11.8 Å². The Kier molecular flexibility index (Phi) is 8.14. The number of hydrogen-bond donors (Lipinski definition) is 1. The standard InChI is InChI=1S/C20H23Cl2NOS/c1-14-3-4-16(11-15(14)2)5-8-20(24)23-9-10-25-13-17-6-7-18(21)12-19(17)22/h3-4,6-7,11-12H,5,8-10,13H2,1-2H3,(H,23,24). The van der Waals surface area contributed by atoms with Gasteiger partial charge >= 0.3 is 0 Å². The summed E-state index contributed by atoms with van der Waals surface area (Å²) in [5.74, 6) is 1.77. The summed E-state index contributed by atoms with van der Waals surface area (Å²) in [5, 5.41) is 4.32. The lowest BCUT2D eigenvalue weighted by Crippen LogP contribution is -2.25. The average molecular weight is 396 g/mol. The molecular weight excluding hydrogens is 373 g/mol. The molecule has 0 aliphatic carbocycles. The zero-order valence-corrected chi connectivity index (χ0v) is 16.9. The predicted molar refractivity (Wildman–Crippen MR) is 110 cm³/mol. The number of hydrogen-bond acceptors (Lipinski definition) is 2. The lowest BCUT2D eigenvalue weighted by atomic mass is 10.0. The van der Waals surface area contributed by atoms with Crippen LogP contribution >= 0.6 is 35.0 Å². The van der Waals surface area contributed by atoms with Crippen molar-refractivity contribution >= 4 is 40.9 Å². The van der Waals surface area contributed by atoms with Crippen LogP contribution in [0, 0.1) is 13.8 Å². The van der Waals surface area contributed by atoms with Gasteiger partial charge in [0, 0.05) is 34.5 Å². The van der Waals surface area contributed by atoms with E-state index in [1.165, 1.54) is 16.7 Å². The Morgan fingerprint density at radius 2 is 1.88 bits per heavy atom. The van der Waals surface area contributed by atoms with Crippen LogP contribution in [0.15, 0.2) is 36.4 Å². The fraction of sp³-hybridized carbons (Fsp3) is 0.350. The number of carbonyl (C=O) groups excluding carboxylic acids is 1. The smallest absolute Gasteiger partial charge is 0.220 e. The van der Waals surface area contributed by atoms with Crippen molar-refractivity contribution in [2.24, 2.45) is 0 Å². The van der Waals surface area contributed by atoms with E-state index in [9.17, 15) is 4.79 Å². The van der Waals surface area contributed by atoms with Gasteiger partial charge in [0.05, 0.1) is 0 Å². The molecule has 0 unspecified atom stereocenters. The van der Waals surface area contributed by atoms with Gasteiger partial charge in [0.15, 0.2) is 0 Å². The summed E-state index contributed by atoms with van der Waals surface area (Å²) >= 11 is 13.8. The molecule has 0 spiro atoms. The minimum absolute atomic E-state index is 0.100. The van der Waals surface area contributed by atoms with Crippen LogP contribution in [-0.4, -0.2) is 18.2 Å². The van der Waals surface area contributed by atoms with E-state index in [1.54, 1.807) is 17.8 Å². The Morgan fingerprint density at radius 3 is 2.60 bits per heavy atom. The number of thioether (sulfide) groups is 1. The molecule has 0 saturated heterocycles. The van der Waals surface area contributed by atoms with Gasteiger partial charge < -0.3 is 5.32 Å². The highest BCUT2D eigenvalue weighted by molar-refractivity contribution is 7.98. The van der Waals surface area contributed by atoms with Gasteiger partial charge in [-0.05, 0) is 54.7 Å². The molecule has 2 aromatic carbocycles. The maximum absolute atomic E-state index is 11.9. The molecule has 0 aliphatic heterocycles. The van der Waals surface area contributed by atoms with Crippen molar-refractivity contribution in [2.45, 2.75) is 32.4 Å². The summed E-state index contributed by atoms with van der Waals surface area (Å²) < 4.78 is 0. The topological polar surface area (TPSA) is 29.1 Å². The second-order valence-electron chi connectivity index (χ2n) is 6.06. The van der Waals surface area contributed by atoms with Crippen molar-refractivity contribution in [3.63, 3.8) is 0 Å². The van der Waals surface area contributed by atoms with Gasteiger partial charge in [-0.25, -0.2) is 0 Å². The molecule has 134 valence electrons. The maximum Gasteiger partial charge on any atom is 0.220 e. The number of halogens is 2. The number of carbonyl (C=O) groups is 1. The Labute approximate surface area is 164 Å². The second-order valence-corrected chi connectivity index (χ2v) is 8.01. The highest BCUT2D eigenvalue weighted by Gasteiger charge is 2.04. The fourth-order valence-electron chi connectivity index (χ4n) is 2.39. The van der Waals surface area contributed by atoms with Crippen LogP contribution in [0.5, 0.6) is 0 Å². The summed E-state index contributed by atoms with van der Waals surface area (Å²) in [6.07, 6.45) is 1.30. The minimum Gasteiger partial charge on any atom is -0.355 e. The molecule has 5 heteroatoms. The zero-order chi connectivity index (χ0) is 18.2. The molecule has 0 atom stereocenters. The molecule has 2 rings (SSSR count). The molecular formula is C20H23Cl2NOS. The van der Waals surface area contributed by atoms with E-state index in [0.29, 0.717) is 23.0 Å². The highest BCUT2D eigenvalue weighted by atomic mass is 35.5. The van der Waals surface area contributed by atoms with Crippen molar-refractivity contribution in [1.29, 1.82) is 0 Å². The molecule has 25 heavy (non-hydrogen) atoms. The monoisotopic (exact) mass is 395 g/mol. The number of nitrogens with one attached hydrogen (secondary N) is 1. The minimum atomic E-state index is 0.100. The lowest BCUT2D eigenvalue weighted by Gasteiger charge is -2.08. The first-order valence-corrected chi connectivity index (χ1v) is 10.2. The van der Waals surface area contributed by atoms with Crippen molar-refractivity contribution < 1.29 is 4.79 Å². The van der Waals surface area contributed by atoms with Crippen LogP contribution in [0.2, 0.25) is 10.0 Å². The van der Waals surface area contributed by atoms with Gasteiger partial charge in [0.2, 0.25) is 5.91 Å². The average Bonchev–Trinajstić information content (AvgIpc) is 2.57. The van der Waals surface area contributed by atoms with Crippen molar-refractivity contribution in [3.8, 4) is 0 Å². The Balaban J connectivity index is 1.62. The summed E-state index contributed by atoms with van der Waals surface area (Å²) in [5.41, 5.74) is 4.84. The predicted octanol–water partition coefficient (Wildman–Crippen LogP) is 5.59. The van der Waals surface area contributed by atoms with E-state index in [0.717, 1.165) is 23.5 Å². The third kappa shape index (κ3) is 6.93. The number of amides is 1. The van der Waals surface area contributed by atoms with Crippen LogP contribution in [0.4, 0.5) is 0 Å². The first-order chi connectivity index (χ1) is 12.0. The Bertz CT molecular complexity index is 734. The number of benzene rings is 2. The highest BCUT2D eigenvalue weighted by Crippen LogP contribution is 2.24. The molecule has 0 fully saturated rings. The largest absolute Gasteiger partial charge is 0.355 e. The molecule has 0 aromatic heterocycles. The zero-order valence-electron chi connectivity index (χ0n) is 14.6. The normalized spacial score (nSPS) is 10.7. The van der Waals surface area contributed by atoms with Crippen LogP contribution in [0.3, 0.4) is 0 Å². The third-order valence-corrected chi connectivity index (χ3v) is 5.65. The molecule has 2 aromatic rings. The fourth-order valence-corrected chi connectivity index (χ4v) is 3.81. The number of rotatable bonds is 8. The third-order valence-electron chi connectivity index (χ3n) is 4.05. The van der Waals surface area contributed by atoms with Crippen LogP contribution < -0.4 is 5.32 Å². The lowest BCUT2D eigenvalue weighted by molar-refractivity contribution is -0.120.